The number of rotatable bonds is 5. The van der Waals surface area contributed by atoms with Gasteiger partial charge in [0.2, 0.25) is 0 Å². The van der Waals surface area contributed by atoms with Gasteiger partial charge in [0, 0.05) is 5.92 Å². The van der Waals surface area contributed by atoms with Crippen LogP contribution in [0.4, 0.5) is 0 Å². The zero-order valence-electron chi connectivity index (χ0n) is 6.97. The third kappa shape index (κ3) is 5.83. The van der Waals surface area contributed by atoms with E-state index in [1.807, 2.05) is 13.0 Å². The topological polar surface area (TPSA) is 19.9 Å². The molecule has 1 radical (unpaired) electrons. The van der Waals surface area contributed by atoms with Crippen LogP contribution < -0.4 is 0 Å². The molecule has 0 amide bonds. The molecule has 0 aliphatic heterocycles. The second-order valence-corrected chi connectivity index (χ2v) is 2.71. The molecule has 0 fully saturated rings. The third-order valence-electron chi connectivity index (χ3n) is 1.45. The van der Waals surface area contributed by atoms with E-state index in [0.29, 0.717) is 0 Å². The smallest absolute Gasteiger partial charge is 0.0882 e. The summed E-state index contributed by atoms with van der Waals surface area (Å²) in [6.45, 7) is 4.14. The third-order valence-corrected chi connectivity index (χ3v) is 1.45. The lowest BCUT2D eigenvalue weighted by atomic mass is 10.1. The zero-order valence-corrected chi connectivity index (χ0v) is 6.97. The highest BCUT2D eigenvalue weighted by molar-refractivity contribution is 4.85. The Morgan fingerprint density at radius 3 is 2.70 bits per heavy atom. The van der Waals surface area contributed by atoms with Gasteiger partial charge in [0.15, 0.2) is 0 Å². The van der Waals surface area contributed by atoms with Gasteiger partial charge in [-0.05, 0) is 6.42 Å². The first-order valence-corrected chi connectivity index (χ1v) is 4.06. The van der Waals surface area contributed by atoms with E-state index < -0.39 is 0 Å². The average Bonchev–Trinajstić information content (AvgIpc) is 1.98. The Kier molecular flexibility index (Phi) is 6.61. The molecule has 0 aromatic rings. The lowest BCUT2D eigenvalue weighted by molar-refractivity contribution is 0.168. The van der Waals surface area contributed by atoms with Gasteiger partial charge in [-0.3, -0.25) is 0 Å². The second-order valence-electron chi connectivity index (χ2n) is 2.71. The summed E-state index contributed by atoms with van der Waals surface area (Å²) in [6, 6.07) is 0. The predicted molar refractivity (Wildman–Crippen MR) is 43.4 cm³/mol. The summed E-state index contributed by atoms with van der Waals surface area (Å²) in [5.41, 5.74) is 0. The van der Waals surface area contributed by atoms with Crippen LogP contribution in [0.15, 0.2) is 12.2 Å². The van der Waals surface area contributed by atoms with Crippen molar-refractivity contribution >= 4 is 0 Å². The molecule has 0 spiro atoms. The van der Waals surface area contributed by atoms with Gasteiger partial charge in [0.1, 0.15) is 0 Å². The first-order valence-electron chi connectivity index (χ1n) is 4.06. The van der Waals surface area contributed by atoms with Gasteiger partial charge in [0.05, 0.1) is 6.61 Å². The molecule has 0 aromatic carbocycles. The van der Waals surface area contributed by atoms with E-state index in [1.165, 1.54) is 12.8 Å². The van der Waals surface area contributed by atoms with E-state index in [0.717, 1.165) is 6.42 Å². The van der Waals surface area contributed by atoms with E-state index in [1.54, 1.807) is 0 Å². The van der Waals surface area contributed by atoms with Crippen molar-refractivity contribution < 1.29 is 5.11 Å². The first-order chi connectivity index (χ1) is 4.81. The molecule has 0 rings (SSSR count). The molecule has 0 heterocycles. The molecule has 1 unspecified atom stereocenters. The van der Waals surface area contributed by atoms with Gasteiger partial charge >= 0.3 is 0 Å². The van der Waals surface area contributed by atoms with E-state index >= 15 is 0 Å². The van der Waals surface area contributed by atoms with Crippen LogP contribution in [0.25, 0.3) is 0 Å². The molecule has 0 saturated carbocycles. The highest BCUT2D eigenvalue weighted by Crippen LogP contribution is 1.99. The van der Waals surface area contributed by atoms with E-state index in [-0.39, 0.29) is 12.5 Å². The fraction of sp³-hybridized carbons (Fsp3) is 0.778. The molecule has 0 bridgehead atoms. The molecule has 1 atom stereocenters. The summed E-state index contributed by atoms with van der Waals surface area (Å²) in [5.74, 6) is 0.219. The Morgan fingerprint density at radius 2 is 2.20 bits per heavy atom. The maximum absolute atomic E-state index is 10.2. The maximum atomic E-state index is 10.2. The lowest BCUT2D eigenvalue weighted by Crippen LogP contribution is -1.92. The highest BCUT2D eigenvalue weighted by Gasteiger charge is 1.91. The fourth-order valence-electron chi connectivity index (χ4n) is 0.706. The van der Waals surface area contributed by atoms with Crippen LogP contribution >= 0.6 is 0 Å². The van der Waals surface area contributed by atoms with Crippen LogP contribution in [0.2, 0.25) is 0 Å². The summed E-state index contributed by atoms with van der Waals surface area (Å²) in [5, 5.41) is 10.2. The minimum absolute atomic E-state index is 0.0165. The van der Waals surface area contributed by atoms with E-state index in [2.05, 4.69) is 13.0 Å². The number of unbranched alkanes of at least 4 members (excludes halogenated alkanes) is 2. The van der Waals surface area contributed by atoms with Gasteiger partial charge in [-0.25, -0.2) is 5.11 Å². The Labute approximate surface area is 63.8 Å². The van der Waals surface area contributed by atoms with Crippen molar-refractivity contribution in [3.63, 3.8) is 0 Å². The van der Waals surface area contributed by atoms with Gasteiger partial charge in [-0.15, -0.1) is 0 Å². The van der Waals surface area contributed by atoms with Crippen LogP contribution in [-0.2, 0) is 5.11 Å². The minimum Gasteiger partial charge on any atom is -0.236 e. The van der Waals surface area contributed by atoms with E-state index in [4.69, 9.17) is 0 Å². The van der Waals surface area contributed by atoms with Crippen molar-refractivity contribution in [2.75, 3.05) is 6.61 Å². The largest absolute Gasteiger partial charge is 0.236 e. The van der Waals surface area contributed by atoms with Crippen LogP contribution in [0.1, 0.15) is 33.1 Å². The van der Waals surface area contributed by atoms with E-state index in [9.17, 15) is 5.11 Å². The van der Waals surface area contributed by atoms with Gasteiger partial charge in [0.25, 0.3) is 0 Å². The summed E-state index contributed by atoms with van der Waals surface area (Å²) < 4.78 is 0. The lowest BCUT2D eigenvalue weighted by Gasteiger charge is -1.96. The molecular formula is C9H17O. The minimum atomic E-state index is 0.0165. The monoisotopic (exact) mass is 141 g/mol. The maximum Gasteiger partial charge on any atom is 0.0882 e. The van der Waals surface area contributed by atoms with Crippen molar-refractivity contribution in [3.8, 4) is 0 Å². The Hall–Kier alpha value is -0.300. The average molecular weight is 141 g/mol. The number of allylic oxidation sites excluding steroid dienone is 1. The zero-order chi connectivity index (χ0) is 7.82. The fourth-order valence-corrected chi connectivity index (χ4v) is 0.706. The Balaban J connectivity index is 3.18. The van der Waals surface area contributed by atoms with Gasteiger partial charge < -0.3 is 0 Å². The molecule has 0 saturated heterocycles. The molecule has 10 heavy (non-hydrogen) atoms. The summed E-state index contributed by atoms with van der Waals surface area (Å²) in [4.78, 5) is 0. The summed E-state index contributed by atoms with van der Waals surface area (Å²) in [6.07, 6.45) is 7.73. The van der Waals surface area contributed by atoms with Gasteiger partial charge in [-0.2, -0.15) is 0 Å². The Morgan fingerprint density at radius 1 is 1.50 bits per heavy atom. The standard InChI is InChI=1S/C9H17O/c1-3-4-5-6-7-9(2)8-10/h6-7,9H,3-5,8H2,1-2H3/b7-6+. The van der Waals surface area contributed by atoms with Gasteiger partial charge in [-0.1, -0.05) is 38.8 Å². The highest BCUT2D eigenvalue weighted by atomic mass is 16.3. The van der Waals surface area contributed by atoms with Crippen molar-refractivity contribution in [1.82, 2.24) is 0 Å². The first kappa shape index (κ1) is 9.70. The predicted octanol–water partition coefficient (Wildman–Crippen LogP) is 2.80. The molecule has 1 nitrogen and oxygen atoms in total. The number of hydrogen-bond donors (Lipinski definition) is 0. The molecule has 0 N–H and O–H groups in total. The number of hydrogen-bond acceptors (Lipinski definition) is 0. The SMILES string of the molecule is CCCC/C=C/C(C)C[O]. The quantitative estimate of drug-likeness (QED) is 0.414. The molecule has 0 aromatic heterocycles. The van der Waals surface area contributed by atoms with Crippen molar-refractivity contribution in [3.05, 3.63) is 12.2 Å². The van der Waals surface area contributed by atoms with Crippen LogP contribution in [0.3, 0.4) is 0 Å². The summed E-state index contributed by atoms with van der Waals surface area (Å²) in [7, 11) is 0. The van der Waals surface area contributed by atoms with Crippen LogP contribution in [0.5, 0.6) is 0 Å². The molecule has 59 valence electrons. The Bertz CT molecular complexity index is 86.7. The van der Waals surface area contributed by atoms with Crippen LogP contribution in [-0.4, -0.2) is 6.61 Å². The second kappa shape index (κ2) is 6.81. The van der Waals surface area contributed by atoms with Crippen molar-refractivity contribution in [2.24, 2.45) is 5.92 Å². The molecule has 0 aliphatic carbocycles. The van der Waals surface area contributed by atoms with Crippen molar-refractivity contribution in [1.29, 1.82) is 0 Å². The molecule has 1 heteroatoms. The normalized spacial score (nSPS) is 14.3. The summed E-state index contributed by atoms with van der Waals surface area (Å²) >= 11 is 0. The molecule has 0 aliphatic rings. The molecular weight excluding hydrogens is 124 g/mol. The van der Waals surface area contributed by atoms with Crippen molar-refractivity contribution in [2.45, 2.75) is 33.1 Å². The van der Waals surface area contributed by atoms with Crippen LogP contribution in [0, 0.1) is 5.92 Å².